The van der Waals surface area contributed by atoms with Gasteiger partial charge in [0.05, 0.1) is 11.6 Å². The van der Waals surface area contributed by atoms with Crippen LogP contribution in [0, 0.1) is 18.3 Å². The molecule has 2 heterocycles. The number of carbonyl (C=O) groups excluding carboxylic acids is 2. The van der Waals surface area contributed by atoms with Gasteiger partial charge in [0.2, 0.25) is 0 Å². The van der Waals surface area contributed by atoms with E-state index in [1.165, 1.54) is 5.56 Å². The molecule has 0 saturated carbocycles. The highest BCUT2D eigenvalue weighted by molar-refractivity contribution is 5.97. The Balaban J connectivity index is 1.31. The van der Waals surface area contributed by atoms with Crippen LogP contribution < -0.4 is 10.6 Å². The van der Waals surface area contributed by atoms with Gasteiger partial charge in [0.15, 0.2) is 0 Å². The zero-order valence-electron chi connectivity index (χ0n) is 19.8. The van der Waals surface area contributed by atoms with Crippen LogP contribution in [0.2, 0.25) is 0 Å². The SMILES string of the molecule is Cc1ccc(C(=O)N2CCC(c3ccc(C#N)cc3)CC2)cc1NC(=O)NCCc1cccnc1. The van der Waals surface area contributed by atoms with Gasteiger partial charge in [-0.25, -0.2) is 4.79 Å². The second-order valence-corrected chi connectivity index (χ2v) is 8.82. The molecule has 1 fully saturated rings. The standard InChI is InChI=1S/C28H29N5O2/c1-20-4-7-25(17-26(20)32-28(35)31-14-10-22-3-2-13-30-19-22)27(34)33-15-11-24(12-16-33)23-8-5-21(18-29)6-9-23/h2-9,13,17,19,24H,10-12,14-16H2,1H3,(H2,31,32,35). The highest BCUT2D eigenvalue weighted by Gasteiger charge is 2.25. The number of nitrogens with zero attached hydrogens (tertiary/aromatic N) is 3. The zero-order valence-corrected chi connectivity index (χ0v) is 19.8. The van der Waals surface area contributed by atoms with Crippen molar-refractivity contribution in [2.24, 2.45) is 0 Å². The van der Waals surface area contributed by atoms with Crippen LogP contribution >= 0.6 is 0 Å². The number of benzene rings is 2. The Bertz CT molecular complexity index is 1210. The van der Waals surface area contributed by atoms with Crippen molar-refractivity contribution in [2.75, 3.05) is 25.0 Å². The van der Waals surface area contributed by atoms with E-state index in [1.807, 2.05) is 60.4 Å². The molecule has 0 radical (unpaired) electrons. The van der Waals surface area contributed by atoms with Crippen molar-refractivity contribution in [3.8, 4) is 6.07 Å². The molecule has 0 aliphatic carbocycles. The van der Waals surface area contributed by atoms with E-state index in [4.69, 9.17) is 5.26 Å². The number of hydrogen-bond acceptors (Lipinski definition) is 4. The predicted octanol–water partition coefficient (Wildman–Crippen LogP) is 4.65. The average molecular weight is 468 g/mol. The van der Waals surface area contributed by atoms with Crippen LogP contribution in [-0.4, -0.2) is 41.5 Å². The lowest BCUT2D eigenvalue weighted by molar-refractivity contribution is 0.0713. The maximum Gasteiger partial charge on any atom is 0.319 e. The van der Waals surface area contributed by atoms with Crippen LogP contribution in [0.15, 0.2) is 67.0 Å². The molecule has 0 atom stereocenters. The second kappa shape index (κ2) is 11.3. The molecule has 2 aromatic carbocycles. The van der Waals surface area contributed by atoms with E-state index in [-0.39, 0.29) is 11.9 Å². The molecule has 1 saturated heterocycles. The fourth-order valence-electron chi connectivity index (χ4n) is 4.35. The van der Waals surface area contributed by atoms with Gasteiger partial charge in [-0.05, 0) is 79.1 Å². The summed E-state index contributed by atoms with van der Waals surface area (Å²) < 4.78 is 0. The van der Waals surface area contributed by atoms with Crippen molar-refractivity contribution in [2.45, 2.75) is 32.1 Å². The van der Waals surface area contributed by atoms with Gasteiger partial charge in [-0.1, -0.05) is 24.3 Å². The number of amides is 3. The number of aromatic nitrogens is 1. The van der Waals surface area contributed by atoms with Crippen molar-refractivity contribution in [3.05, 3.63) is 94.8 Å². The first-order valence-corrected chi connectivity index (χ1v) is 11.9. The maximum atomic E-state index is 13.2. The maximum absolute atomic E-state index is 13.2. The van der Waals surface area contributed by atoms with Crippen LogP contribution in [0.5, 0.6) is 0 Å². The van der Waals surface area contributed by atoms with E-state index >= 15 is 0 Å². The molecule has 1 aliphatic rings. The van der Waals surface area contributed by atoms with Crippen molar-refractivity contribution < 1.29 is 9.59 Å². The van der Waals surface area contributed by atoms with Gasteiger partial charge < -0.3 is 15.5 Å². The van der Waals surface area contributed by atoms with Gasteiger partial charge in [0.25, 0.3) is 5.91 Å². The first-order chi connectivity index (χ1) is 17.0. The van der Waals surface area contributed by atoms with Crippen molar-refractivity contribution in [3.63, 3.8) is 0 Å². The van der Waals surface area contributed by atoms with Crippen LogP contribution in [0.3, 0.4) is 0 Å². The quantitative estimate of drug-likeness (QED) is 0.552. The number of hydrogen-bond donors (Lipinski definition) is 2. The Hall–Kier alpha value is -4.18. The van der Waals surface area contributed by atoms with E-state index in [1.54, 1.807) is 18.5 Å². The molecule has 1 aromatic heterocycles. The number of pyridine rings is 1. The summed E-state index contributed by atoms with van der Waals surface area (Å²) in [6, 6.07) is 18.9. The van der Waals surface area contributed by atoms with Gasteiger partial charge >= 0.3 is 6.03 Å². The van der Waals surface area contributed by atoms with E-state index in [9.17, 15) is 9.59 Å². The minimum absolute atomic E-state index is 0.0247. The fraction of sp³-hybridized carbons (Fsp3) is 0.286. The number of nitrogens with one attached hydrogen (secondary N) is 2. The highest BCUT2D eigenvalue weighted by Crippen LogP contribution is 2.29. The lowest BCUT2D eigenvalue weighted by Gasteiger charge is -2.32. The summed E-state index contributed by atoms with van der Waals surface area (Å²) in [6.07, 6.45) is 5.96. The summed E-state index contributed by atoms with van der Waals surface area (Å²) in [6.45, 7) is 3.75. The Kier molecular flexibility index (Phi) is 7.74. The average Bonchev–Trinajstić information content (AvgIpc) is 2.90. The van der Waals surface area contributed by atoms with Crippen molar-refractivity contribution in [1.29, 1.82) is 5.26 Å². The summed E-state index contributed by atoms with van der Waals surface area (Å²) in [5, 5.41) is 14.7. The van der Waals surface area contributed by atoms with Crippen molar-refractivity contribution in [1.82, 2.24) is 15.2 Å². The zero-order chi connectivity index (χ0) is 24.6. The van der Waals surface area contributed by atoms with E-state index in [0.717, 1.165) is 24.0 Å². The predicted molar refractivity (Wildman–Crippen MR) is 135 cm³/mol. The molecule has 0 unspecified atom stereocenters. The topological polar surface area (TPSA) is 98.1 Å². The number of urea groups is 1. The molecule has 3 aromatic rings. The van der Waals surface area contributed by atoms with E-state index in [0.29, 0.717) is 48.8 Å². The first-order valence-electron chi connectivity index (χ1n) is 11.9. The fourth-order valence-corrected chi connectivity index (χ4v) is 4.35. The first kappa shape index (κ1) is 24.0. The molecular formula is C28H29N5O2. The molecule has 35 heavy (non-hydrogen) atoms. The minimum atomic E-state index is -0.301. The lowest BCUT2D eigenvalue weighted by atomic mass is 9.89. The second-order valence-electron chi connectivity index (χ2n) is 8.82. The van der Waals surface area contributed by atoms with Gasteiger partial charge in [-0.3, -0.25) is 9.78 Å². The van der Waals surface area contributed by atoms with E-state index < -0.39 is 0 Å². The smallest absolute Gasteiger partial charge is 0.319 e. The minimum Gasteiger partial charge on any atom is -0.339 e. The molecule has 0 bridgehead atoms. The van der Waals surface area contributed by atoms with Crippen molar-refractivity contribution >= 4 is 17.6 Å². The molecule has 4 rings (SSSR count). The number of aryl methyl sites for hydroxylation is 1. The number of nitriles is 1. The molecule has 7 heteroatoms. The molecule has 3 amide bonds. The van der Waals surface area contributed by atoms with E-state index in [2.05, 4.69) is 21.7 Å². The Labute approximate surface area is 205 Å². The summed E-state index contributed by atoms with van der Waals surface area (Å²) in [5.74, 6) is 0.362. The number of anilines is 1. The Morgan fingerprint density at radius 2 is 1.89 bits per heavy atom. The third-order valence-electron chi connectivity index (χ3n) is 6.45. The van der Waals surface area contributed by atoms with Gasteiger partial charge in [0.1, 0.15) is 0 Å². The Morgan fingerprint density at radius 3 is 2.57 bits per heavy atom. The molecule has 1 aliphatic heterocycles. The largest absolute Gasteiger partial charge is 0.339 e. The molecule has 0 spiro atoms. The summed E-state index contributed by atoms with van der Waals surface area (Å²) in [4.78, 5) is 31.5. The third kappa shape index (κ3) is 6.24. The molecule has 178 valence electrons. The Morgan fingerprint density at radius 1 is 1.11 bits per heavy atom. The van der Waals surface area contributed by atoms with Gasteiger partial charge in [-0.15, -0.1) is 0 Å². The van der Waals surface area contributed by atoms with Gasteiger partial charge in [0, 0.05) is 43.3 Å². The highest BCUT2D eigenvalue weighted by atomic mass is 16.2. The monoisotopic (exact) mass is 467 g/mol. The lowest BCUT2D eigenvalue weighted by Crippen LogP contribution is -2.38. The molecular weight excluding hydrogens is 438 g/mol. The summed E-state index contributed by atoms with van der Waals surface area (Å²) >= 11 is 0. The summed E-state index contributed by atoms with van der Waals surface area (Å²) in [7, 11) is 0. The summed E-state index contributed by atoms with van der Waals surface area (Å²) in [5.41, 5.74) is 5.02. The van der Waals surface area contributed by atoms with Crippen LogP contribution in [-0.2, 0) is 6.42 Å². The normalized spacial score (nSPS) is 13.7. The van der Waals surface area contributed by atoms with Gasteiger partial charge in [-0.2, -0.15) is 5.26 Å². The number of carbonyl (C=O) groups is 2. The molecule has 2 N–H and O–H groups in total. The molecule has 7 nitrogen and oxygen atoms in total. The van der Waals surface area contributed by atoms with Crippen LogP contribution in [0.25, 0.3) is 0 Å². The van der Waals surface area contributed by atoms with Crippen LogP contribution in [0.1, 0.15) is 51.4 Å². The number of piperidine rings is 1. The number of rotatable bonds is 6. The number of likely N-dealkylation sites (tertiary alicyclic amines) is 1. The van der Waals surface area contributed by atoms with Crippen LogP contribution in [0.4, 0.5) is 10.5 Å². The third-order valence-corrected chi connectivity index (χ3v) is 6.45.